The summed E-state index contributed by atoms with van der Waals surface area (Å²) in [7, 11) is 2.77. The van der Waals surface area contributed by atoms with Gasteiger partial charge in [0, 0.05) is 25.1 Å². The van der Waals surface area contributed by atoms with Crippen LogP contribution in [0.1, 0.15) is 51.4 Å². The molecule has 2 aliphatic rings. The van der Waals surface area contributed by atoms with Gasteiger partial charge in [0.25, 0.3) is 5.91 Å². The Hall–Kier alpha value is -3.57. The zero-order valence-electron chi connectivity index (χ0n) is 21.5. The van der Waals surface area contributed by atoms with Crippen LogP contribution in [0.2, 0.25) is 0 Å². The molecule has 1 aromatic rings. The van der Waals surface area contributed by atoms with Gasteiger partial charge in [-0.25, -0.2) is 9.79 Å². The summed E-state index contributed by atoms with van der Waals surface area (Å²) in [4.78, 5) is 43.5. The van der Waals surface area contributed by atoms with Crippen molar-refractivity contribution < 1.29 is 37.0 Å². The molecule has 1 aliphatic carbocycles. The SMILES string of the molecule is COC(=O)C1(NC(=O)CCCCN2CCC(=C(N)C(F)(F)F)C(=Nc3ccc(OC)cc3)C2=O)CCCC1. The summed E-state index contributed by atoms with van der Waals surface area (Å²) in [5.41, 5.74) is 2.67. The predicted octanol–water partition coefficient (Wildman–Crippen LogP) is 3.55. The first-order valence-corrected chi connectivity index (χ1v) is 12.5. The van der Waals surface area contributed by atoms with E-state index in [9.17, 15) is 27.6 Å². The molecular formula is C26H33F3N4O5. The minimum Gasteiger partial charge on any atom is -0.497 e. The van der Waals surface area contributed by atoms with Gasteiger partial charge in [-0.1, -0.05) is 12.8 Å². The average molecular weight is 539 g/mol. The molecule has 0 bridgehead atoms. The Morgan fingerprint density at radius 1 is 1.13 bits per heavy atom. The summed E-state index contributed by atoms with van der Waals surface area (Å²) >= 11 is 0. The largest absolute Gasteiger partial charge is 0.497 e. The maximum Gasteiger partial charge on any atom is 0.431 e. The quantitative estimate of drug-likeness (QED) is 0.366. The Morgan fingerprint density at radius 2 is 1.79 bits per heavy atom. The van der Waals surface area contributed by atoms with Gasteiger partial charge in [-0.3, -0.25) is 9.59 Å². The van der Waals surface area contributed by atoms with Crippen LogP contribution in [0.3, 0.4) is 0 Å². The molecule has 1 saturated heterocycles. The Bertz CT molecular complexity index is 1090. The third-order valence-corrected chi connectivity index (χ3v) is 6.85. The molecule has 1 saturated carbocycles. The van der Waals surface area contributed by atoms with E-state index in [2.05, 4.69) is 10.3 Å². The standard InChI is InChI=1S/C26H33F3N4O5/c1-37-18-10-8-17(9-11-18)31-21-19(22(30)26(27,28)29)12-16-33(23(21)35)15-6-3-7-20(34)32-25(24(36)38-2)13-4-5-14-25/h8-11H,3-7,12-16,30H2,1-2H3,(H,32,34). The number of likely N-dealkylation sites (tertiary alicyclic amines) is 1. The number of nitrogens with zero attached hydrogens (tertiary/aromatic N) is 2. The van der Waals surface area contributed by atoms with E-state index in [1.807, 2.05) is 0 Å². The number of halogens is 3. The molecule has 3 N–H and O–H groups in total. The minimum atomic E-state index is -4.80. The summed E-state index contributed by atoms with van der Waals surface area (Å²) in [5, 5.41) is 2.82. The van der Waals surface area contributed by atoms with Crippen molar-refractivity contribution in [3.05, 3.63) is 35.5 Å². The maximum atomic E-state index is 13.4. The number of rotatable bonds is 9. The summed E-state index contributed by atoms with van der Waals surface area (Å²) in [6, 6.07) is 6.23. The predicted molar refractivity (Wildman–Crippen MR) is 134 cm³/mol. The van der Waals surface area contributed by atoms with Gasteiger partial charge >= 0.3 is 12.1 Å². The van der Waals surface area contributed by atoms with Gasteiger partial charge in [-0.05, 0) is 56.4 Å². The number of aliphatic imine (C=N–C) groups is 1. The Labute approximate surface area is 219 Å². The molecule has 0 aromatic heterocycles. The van der Waals surface area contributed by atoms with Gasteiger partial charge in [-0.2, -0.15) is 13.2 Å². The number of benzene rings is 1. The van der Waals surface area contributed by atoms with Gasteiger partial charge < -0.3 is 25.4 Å². The number of esters is 1. The zero-order valence-corrected chi connectivity index (χ0v) is 21.5. The molecule has 208 valence electrons. The monoisotopic (exact) mass is 538 g/mol. The number of allylic oxidation sites excluding steroid dienone is 1. The Kier molecular flexibility index (Phi) is 9.40. The molecule has 0 spiro atoms. The number of hydrogen-bond acceptors (Lipinski definition) is 7. The highest BCUT2D eigenvalue weighted by atomic mass is 19.4. The van der Waals surface area contributed by atoms with Gasteiger partial charge in [0.05, 0.1) is 19.9 Å². The molecule has 1 heterocycles. The second-order valence-electron chi connectivity index (χ2n) is 9.38. The smallest absolute Gasteiger partial charge is 0.431 e. The van der Waals surface area contributed by atoms with E-state index in [4.69, 9.17) is 15.2 Å². The van der Waals surface area contributed by atoms with Crippen molar-refractivity contribution >= 4 is 29.2 Å². The zero-order chi connectivity index (χ0) is 27.9. The molecule has 3 rings (SSSR count). The summed E-state index contributed by atoms with van der Waals surface area (Å²) in [5.74, 6) is -0.861. The van der Waals surface area contributed by atoms with Crippen LogP contribution in [0, 0.1) is 0 Å². The van der Waals surface area contributed by atoms with Crippen molar-refractivity contribution in [2.45, 2.75) is 63.1 Å². The van der Waals surface area contributed by atoms with Gasteiger partial charge in [0.15, 0.2) is 0 Å². The van der Waals surface area contributed by atoms with Crippen LogP contribution in [0.15, 0.2) is 40.5 Å². The highest BCUT2D eigenvalue weighted by molar-refractivity contribution is 6.46. The molecule has 2 amide bonds. The number of piperidine rings is 1. The van der Waals surface area contributed by atoms with E-state index >= 15 is 0 Å². The van der Waals surface area contributed by atoms with E-state index in [0.29, 0.717) is 31.4 Å². The molecule has 38 heavy (non-hydrogen) atoms. The number of amides is 2. The lowest BCUT2D eigenvalue weighted by molar-refractivity contribution is -0.150. The number of ether oxygens (including phenoxy) is 2. The van der Waals surface area contributed by atoms with E-state index in [1.54, 1.807) is 12.1 Å². The molecule has 0 atom stereocenters. The van der Waals surface area contributed by atoms with Crippen LogP contribution in [-0.4, -0.2) is 67.4 Å². The number of carbonyl (C=O) groups is 3. The van der Waals surface area contributed by atoms with Crippen LogP contribution in [-0.2, 0) is 19.1 Å². The Balaban J connectivity index is 1.66. The van der Waals surface area contributed by atoms with Crippen LogP contribution < -0.4 is 15.8 Å². The molecule has 12 heteroatoms. The first kappa shape index (κ1) is 29.0. The number of methoxy groups -OCH3 is 2. The lowest BCUT2D eigenvalue weighted by Gasteiger charge is -2.30. The van der Waals surface area contributed by atoms with Crippen molar-refractivity contribution in [2.24, 2.45) is 10.7 Å². The fourth-order valence-electron chi connectivity index (χ4n) is 4.77. The molecule has 9 nitrogen and oxygen atoms in total. The van der Waals surface area contributed by atoms with Crippen LogP contribution in [0.5, 0.6) is 5.75 Å². The van der Waals surface area contributed by atoms with Crippen LogP contribution >= 0.6 is 0 Å². The van der Waals surface area contributed by atoms with Crippen molar-refractivity contribution in [2.75, 3.05) is 27.3 Å². The number of nitrogens with one attached hydrogen (secondary N) is 1. The third-order valence-electron chi connectivity index (χ3n) is 6.85. The summed E-state index contributed by atoms with van der Waals surface area (Å²) in [6.45, 7) is 0.277. The molecule has 1 aliphatic heterocycles. The van der Waals surface area contributed by atoms with Crippen molar-refractivity contribution in [1.29, 1.82) is 0 Å². The minimum absolute atomic E-state index is 0.0459. The number of alkyl halides is 3. The molecule has 0 unspecified atom stereocenters. The second kappa shape index (κ2) is 12.3. The topological polar surface area (TPSA) is 123 Å². The molecule has 2 fully saturated rings. The summed E-state index contributed by atoms with van der Waals surface area (Å²) < 4.78 is 50.1. The highest BCUT2D eigenvalue weighted by Crippen LogP contribution is 2.32. The van der Waals surface area contributed by atoms with E-state index in [-0.39, 0.29) is 48.8 Å². The second-order valence-corrected chi connectivity index (χ2v) is 9.38. The third kappa shape index (κ3) is 6.84. The van der Waals surface area contributed by atoms with Crippen molar-refractivity contribution in [3.8, 4) is 5.75 Å². The van der Waals surface area contributed by atoms with Crippen molar-refractivity contribution in [3.63, 3.8) is 0 Å². The van der Waals surface area contributed by atoms with Gasteiger partial charge in [-0.15, -0.1) is 0 Å². The van der Waals surface area contributed by atoms with Gasteiger partial charge in [0.1, 0.15) is 22.7 Å². The first-order chi connectivity index (χ1) is 18.0. The van der Waals surface area contributed by atoms with E-state index in [0.717, 1.165) is 12.8 Å². The number of carbonyl (C=O) groups excluding carboxylic acids is 3. The van der Waals surface area contributed by atoms with Crippen LogP contribution in [0.25, 0.3) is 0 Å². The fraction of sp³-hybridized carbons (Fsp3) is 0.538. The van der Waals surface area contributed by atoms with Crippen molar-refractivity contribution in [1.82, 2.24) is 10.2 Å². The fourth-order valence-corrected chi connectivity index (χ4v) is 4.77. The Morgan fingerprint density at radius 3 is 2.37 bits per heavy atom. The molecule has 0 radical (unpaired) electrons. The van der Waals surface area contributed by atoms with Gasteiger partial charge in [0.2, 0.25) is 5.91 Å². The lowest BCUT2D eigenvalue weighted by Crippen LogP contribution is -2.53. The van der Waals surface area contributed by atoms with E-state index in [1.165, 1.54) is 31.3 Å². The average Bonchev–Trinajstić information content (AvgIpc) is 3.37. The first-order valence-electron chi connectivity index (χ1n) is 12.5. The summed E-state index contributed by atoms with van der Waals surface area (Å²) in [6.07, 6.45) is -1.20. The highest BCUT2D eigenvalue weighted by Gasteiger charge is 2.43. The molecule has 1 aromatic carbocycles. The lowest BCUT2D eigenvalue weighted by atomic mass is 9.97. The number of hydrogen-bond donors (Lipinski definition) is 2. The number of unbranched alkanes of at least 4 members (excludes halogenated alkanes) is 1. The molecular weight excluding hydrogens is 505 g/mol. The normalized spacial score (nSPS) is 19.9. The number of nitrogens with two attached hydrogens (primary N) is 1. The van der Waals surface area contributed by atoms with Crippen LogP contribution in [0.4, 0.5) is 18.9 Å². The maximum absolute atomic E-state index is 13.4. The van der Waals surface area contributed by atoms with E-state index < -0.39 is 29.3 Å².